The number of hydrogen-bond acceptors (Lipinski definition) is 5. The summed E-state index contributed by atoms with van der Waals surface area (Å²) < 4.78 is 1.05. The van der Waals surface area contributed by atoms with Crippen molar-refractivity contribution in [1.82, 2.24) is 30.9 Å². The Labute approximate surface area is 124 Å². The second kappa shape index (κ2) is 5.64. The summed E-state index contributed by atoms with van der Waals surface area (Å²) in [6, 6.07) is 8.12. The van der Waals surface area contributed by atoms with E-state index in [4.69, 9.17) is 0 Å². The van der Waals surface area contributed by atoms with Crippen LogP contribution >= 0.6 is 15.9 Å². The molecule has 1 aromatic carbocycles. The molecule has 3 rings (SSSR count). The van der Waals surface area contributed by atoms with Crippen LogP contribution in [0.2, 0.25) is 0 Å². The van der Waals surface area contributed by atoms with Crippen molar-refractivity contribution in [2.45, 2.75) is 19.5 Å². The zero-order chi connectivity index (χ0) is 13.9. The maximum Gasteiger partial charge on any atom is 0.191 e. The number of benzene rings is 1. The smallest absolute Gasteiger partial charge is 0.191 e. The lowest BCUT2D eigenvalue weighted by molar-refractivity contribution is 0.548. The fraction of sp³-hybridized carbons (Fsp3) is 0.231. The van der Waals surface area contributed by atoms with Crippen LogP contribution in [0.1, 0.15) is 24.4 Å². The van der Waals surface area contributed by atoms with E-state index in [0.29, 0.717) is 12.4 Å². The van der Waals surface area contributed by atoms with Crippen LogP contribution in [-0.4, -0.2) is 25.6 Å². The Hall–Kier alpha value is -1.86. The number of H-pyrrole nitrogens is 1. The van der Waals surface area contributed by atoms with E-state index in [9.17, 15) is 0 Å². The maximum atomic E-state index is 4.46. The van der Waals surface area contributed by atoms with Gasteiger partial charge >= 0.3 is 0 Å². The number of tetrazole rings is 1. The van der Waals surface area contributed by atoms with E-state index in [2.05, 4.69) is 59.0 Å². The number of nitrogens with one attached hydrogen (secondary N) is 2. The Bertz CT molecular complexity index is 712. The van der Waals surface area contributed by atoms with Gasteiger partial charge < -0.3 is 5.32 Å². The highest BCUT2D eigenvalue weighted by Gasteiger charge is 2.11. The molecule has 3 aromatic rings. The molecule has 20 heavy (non-hydrogen) atoms. The number of aromatic amines is 1. The number of aromatic nitrogens is 5. The number of fused-ring (bicyclic) bond motifs is 1. The Morgan fingerprint density at radius 3 is 3.05 bits per heavy atom. The highest BCUT2D eigenvalue weighted by Crippen LogP contribution is 2.25. The number of nitrogens with zero attached hydrogens (tertiary/aromatic N) is 4. The van der Waals surface area contributed by atoms with Gasteiger partial charge in [-0.05, 0) is 24.6 Å². The zero-order valence-electron chi connectivity index (χ0n) is 10.8. The van der Waals surface area contributed by atoms with Gasteiger partial charge in [0.15, 0.2) is 5.82 Å². The molecule has 0 aliphatic carbocycles. The second-order valence-corrected chi connectivity index (χ2v) is 5.33. The molecule has 0 bridgehead atoms. The van der Waals surface area contributed by atoms with E-state index in [-0.39, 0.29) is 6.04 Å². The van der Waals surface area contributed by atoms with E-state index >= 15 is 0 Å². The summed E-state index contributed by atoms with van der Waals surface area (Å²) in [6.45, 7) is 2.69. The number of rotatable bonds is 4. The zero-order valence-corrected chi connectivity index (χ0v) is 12.4. The average Bonchev–Trinajstić information content (AvgIpc) is 3.01. The van der Waals surface area contributed by atoms with Crippen molar-refractivity contribution in [3.63, 3.8) is 0 Å². The van der Waals surface area contributed by atoms with Gasteiger partial charge in [0, 0.05) is 22.6 Å². The molecule has 0 spiro atoms. The van der Waals surface area contributed by atoms with Crippen molar-refractivity contribution in [2.24, 2.45) is 0 Å². The molecule has 0 saturated heterocycles. The third-order valence-electron chi connectivity index (χ3n) is 3.15. The molecule has 0 aliphatic rings. The van der Waals surface area contributed by atoms with Crippen molar-refractivity contribution in [1.29, 1.82) is 0 Å². The van der Waals surface area contributed by atoms with Gasteiger partial charge in [-0.2, -0.15) is 5.21 Å². The van der Waals surface area contributed by atoms with Crippen LogP contribution in [0.3, 0.4) is 0 Å². The van der Waals surface area contributed by atoms with Gasteiger partial charge in [-0.25, -0.2) is 0 Å². The van der Waals surface area contributed by atoms with E-state index in [0.717, 1.165) is 20.9 Å². The molecule has 0 saturated carbocycles. The van der Waals surface area contributed by atoms with Gasteiger partial charge in [0.25, 0.3) is 0 Å². The van der Waals surface area contributed by atoms with Crippen molar-refractivity contribution in [3.8, 4) is 0 Å². The summed E-state index contributed by atoms with van der Waals surface area (Å²) in [5, 5.41) is 18.4. The summed E-state index contributed by atoms with van der Waals surface area (Å²) in [7, 11) is 0. The van der Waals surface area contributed by atoms with E-state index in [1.807, 2.05) is 19.1 Å². The molecule has 7 heteroatoms. The van der Waals surface area contributed by atoms with Gasteiger partial charge in [0.2, 0.25) is 0 Å². The quantitative estimate of drug-likeness (QED) is 0.766. The lowest BCUT2D eigenvalue weighted by Crippen LogP contribution is -2.19. The van der Waals surface area contributed by atoms with Gasteiger partial charge in [-0.15, -0.1) is 10.2 Å². The number of hydrogen-bond donors (Lipinski definition) is 2. The van der Waals surface area contributed by atoms with Crippen LogP contribution in [0.25, 0.3) is 10.9 Å². The summed E-state index contributed by atoms with van der Waals surface area (Å²) in [5.41, 5.74) is 2.13. The standard InChI is InChI=1S/C13H13BrN6/c1-8(13-17-19-20-18-13)16-7-9-4-5-11(14)10-3-2-6-15-12(9)10/h2-6,8,16H,7H2,1H3,(H,17,18,19,20). The highest BCUT2D eigenvalue weighted by atomic mass is 79.9. The van der Waals surface area contributed by atoms with Crippen LogP contribution < -0.4 is 5.32 Å². The predicted octanol–water partition coefficient (Wildman–Crippen LogP) is 2.36. The SMILES string of the molecule is CC(NCc1ccc(Br)c2cccnc12)c1nn[nH]n1. The van der Waals surface area contributed by atoms with Gasteiger partial charge in [-0.3, -0.25) is 4.98 Å². The maximum absolute atomic E-state index is 4.46. The van der Waals surface area contributed by atoms with E-state index in [1.165, 1.54) is 0 Å². The lowest BCUT2D eigenvalue weighted by Gasteiger charge is -2.12. The number of pyridine rings is 1. The van der Waals surface area contributed by atoms with Crippen molar-refractivity contribution >= 4 is 26.8 Å². The first-order valence-corrected chi connectivity index (χ1v) is 7.04. The summed E-state index contributed by atoms with van der Waals surface area (Å²) in [5.74, 6) is 0.652. The lowest BCUT2D eigenvalue weighted by atomic mass is 10.1. The largest absolute Gasteiger partial charge is 0.303 e. The first-order valence-electron chi connectivity index (χ1n) is 6.24. The van der Waals surface area contributed by atoms with Gasteiger partial charge in [0.1, 0.15) is 0 Å². The Balaban J connectivity index is 1.83. The summed E-state index contributed by atoms with van der Waals surface area (Å²) in [6.07, 6.45) is 1.81. The third-order valence-corrected chi connectivity index (χ3v) is 3.84. The number of halogens is 1. The Morgan fingerprint density at radius 1 is 1.35 bits per heavy atom. The van der Waals surface area contributed by atoms with Crippen molar-refractivity contribution < 1.29 is 0 Å². The van der Waals surface area contributed by atoms with Crippen LogP contribution in [0.5, 0.6) is 0 Å². The molecule has 1 unspecified atom stereocenters. The Morgan fingerprint density at radius 2 is 2.25 bits per heavy atom. The fourth-order valence-electron chi connectivity index (χ4n) is 2.05. The second-order valence-electron chi connectivity index (χ2n) is 4.48. The van der Waals surface area contributed by atoms with Crippen molar-refractivity contribution in [2.75, 3.05) is 0 Å². The highest BCUT2D eigenvalue weighted by molar-refractivity contribution is 9.10. The first-order chi connectivity index (χ1) is 9.75. The fourth-order valence-corrected chi connectivity index (χ4v) is 2.50. The molecule has 0 aliphatic heterocycles. The minimum atomic E-state index is 0.0242. The molecule has 2 N–H and O–H groups in total. The van der Waals surface area contributed by atoms with Crippen LogP contribution in [0, 0.1) is 0 Å². The minimum absolute atomic E-state index is 0.0242. The minimum Gasteiger partial charge on any atom is -0.303 e. The van der Waals surface area contributed by atoms with Gasteiger partial charge in [-0.1, -0.05) is 33.3 Å². The van der Waals surface area contributed by atoms with E-state index < -0.39 is 0 Å². The summed E-state index contributed by atoms with van der Waals surface area (Å²) >= 11 is 3.55. The topological polar surface area (TPSA) is 79.4 Å². The molecule has 0 amide bonds. The third kappa shape index (κ3) is 2.54. The Kier molecular flexibility index (Phi) is 3.70. The summed E-state index contributed by atoms with van der Waals surface area (Å²) in [4.78, 5) is 4.46. The first kappa shape index (κ1) is 13.1. The molecule has 0 fully saturated rings. The molecule has 2 heterocycles. The average molecular weight is 333 g/mol. The van der Waals surface area contributed by atoms with Crippen LogP contribution in [-0.2, 0) is 6.54 Å². The molecule has 0 radical (unpaired) electrons. The van der Waals surface area contributed by atoms with Crippen LogP contribution in [0.4, 0.5) is 0 Å². The predicted molar refractivity (Wildman–Crippen MR) is 78.9 cm³/mol. The molecular weight excluding hydrogens is 320 g/mol. The van der Waals surface area contributed by atoms with Crippen LogP contribution in [0.15, 0.2) is 34.9 Å². The molecular formula is C13H13BrN6. The molecule has 2 aromatic heterocycles. The molecule has 1 atom stereocenters. The normalized spacial score (nSPS) is 12.7. The van der Waals surface area contributed by atoms with Crippen molar-refractivity contribution in [3.05, 3.63) is 46.3 Å². The monoisotopic (exact) mass is 332 g/mol. The molecule has 102 valence electrons. The molecule has 6 nitrogen and oxygen atoms in total. The van der Waals surface area contributed by atoms with Gasteiger partial charge in [0.05, 0.1) is 11.6 Å². The van der Waals surface area contributed by atoms with E-state index in [1.54, 1.807) is 6.20 Å².